The molecular weight excluding hydrogens is 484 g/mol. The molecule has 1 aliphatic heterocycles. The number of dihydropyridines is 1. The van der Waals surface area contributed by atoms with Gasteiger partial charge < -0.3 is 14.8 Å². The molecule has 0 amide bonds. The molecule has 1 unspecified atom stereocenters. The Hall–Kier alpha value is -2.35. The van der Waals surface area contributed by atoms with Gasteiger partial charge in [-0.15, -0.1) is 0 Å². The normalized spacial score (nSPS) is 16.6. The first kappa shape index (κ1) is 21.4. The Kier molecular flexibility index (Phi) is 6.62. The highest BCUT2D eigenvalue weighted by atomic mass is 127. The van der Waals surface area contributed by atoms with E-state index in [1.54, 1.807) is 13.2 Å². The van der Waals surface area contributed by atoms with Crippen LogP contribution in [-0.4, -0.2) is 20.2 Å². The summed E-state index contributed by atoms with van der Waals surface area (Å²) in [4.78, 5) is 12.6. The number of hydrogen-bond acceptors (Lipinski definition) is 4. The van der Waals surface area contributed by atoms with Gasteiger partial charge in [0.15, 0.2) is 0 Å². The molecule has 0 saturated heterocycles. The maximum Gasteiger partial charge on any atom is 0.336 e. The Balaban J connectivity index is 2.09. The summed E-state index contributed by atoms with van der Waals surface area (Å²) in [5, 5.41) is 3.39. The summed E-state index contributed by atoms with van der Waals surface area (Å²) in [5.74, 6) is -0.203. The van der Waals surface area contributed by atoms with Gasteiger partial charge in [0.2, 0.25) is 0 Å². The SMILES string of the molecule is COC(=O)C1=C(C)NC(Cc2cccc(OC)c2)=C(C)C1c1ccc(F)cc1I. The molecule has 0 saturated carbocycles. The smallest absolute Gasteiger partial charge is 0.336 e. The molecule has 0 bridgehead atoms. The third-order valence-corrected chi connectivity index (χ3v) is 6.07. The molecule has 0 aliphatic carbocycles. The highest BCUT2D eigenvalue weighted by Crippen LogP contribution is 2.40. The number of rotatable bonds is 5. The number of carbonyl (C=O) groups is 1. The molecule has 0 aromatic heterocycles. The third-order valence-electron chi connectivity index (χ3n) is 5.13. The van der Waals surface area contributed by atoms with Crippen LogP contribution >= 0.6 is 22.6 Å². The Bertz CT molecular complexity index is 1010. The Labute approximate surface area is 183 Å². The summed E-state index contributed by atoms with van der Waals surface area (Å²) in [6.45, 7) is 3.87. The van der Waals surface area contributed by atoms with Crippen molar-refractivity contribution in [3.05, 3.63) is 85.5 Å². The predicted molar refractivity (Wildman–Crippen MR) is 119 cm³/mol. The van der Waals surface area contributed by atoms with E-state index in [1.165, 1.54) is 19.2 Å². The molecule has 1 aliphatic rings. The molecule has 2 aromatic carbocycles. The predicted octanol–water partition coefficient (Wildman–Crippen LogP) is 5.09. The minimum atomic E-state index is -0.389. The number of benzene rings is 2. The lowest BCUT2D eigenvalue weighted by Gasteiger charge is -2.31. The fraction of sp³-hybridized carbons (Fsp3) is 0.261. The zero-order chi connectivity index (χ0) is 21.1. The second-order valence-electron chi connectivity index (χ2n) is 6.94. The van der Waals surface area contributed by atoms with E-state index in [4.69, 9.17) is 9.47 Å². The van der Waals surface area contributed by atoms with Crippen molar-refractivity contribution in [3.63, 3.8) is 0 Å². The lowest BCUT2D eigenvalue weighted by atomic mass is 9.80. The van der Waals surface area contributed by atoms with Crippen molar-refractivity contribution in [1.82, 2.24) is 5.32 Å². The fourth-order valence-corrected chi connectivity index (χ4v) is 4.46. The van der Waals surface area contributed by atoms with Gasteiger partial charge in [0.1, 0.15) is 11.6 Å². The number of ether oxygens (including phenoxy) is 2. The maximum atomic E-state index is 13.7. The summed E-state index contributed by atoms with van der Waals surface area (Å²) >= 11 is 2.12. The van der Waals surface area contributed by atoms with E-state index in [9.17, 15) is 9.18 Å². The second kappa shape index (κ2) is 8.98. The van der Waals surface area contributed by atoms with Crippen molar-refractivity contribution in [1.29, 1.82) is 0 Å². The highest BCUT2D eigenvalue weighted by molar-refractivity contribution is 14.1. The topological polar surface area (TPSA) is 47.6 Å². The van der Waals surface area contributed by atoms with E-state index in [0.29, 0.717) is 12.0 Å². The summed E-state index contributed by atoms with van der Waals surface area (Å²) in [6.07, 6.45) is 0.656. The summed E-state index contributed by atoms with van der Waals surface area (Å²) < 4.78 is 24.9. The van der Waals surface area contributed by atoms with Crippen molar-refractivity contribution in [2.24, 2.45) is 0 Å². The molecule has 0 spiro atoms. The van der Waals surface area contributed by atoms with E-state index in [2.05, 4.69) is 27.9 Å². The van der Waals surface area contributed by atoms with Crippen LogP contribution in [0.2, 0.25) is 0 Å². The van der Waals surface area contributed by atoms with Crippen LogP contribution in [0.1, 0.15) is 30.9 Å². The van der Waals surface area contributed by atoms with Crippen LogP contribution in [0.5, 0.6) is 5.75 Å². The molecular formula is C23H23FINO3. The lowest BCUT2D eigenvalue weighted by Crippen LogP contribution is -2.30. The third kappa shape index (κ3) is 4.47. The fourth-order valence-electron chi connectivity index (χ4n) is 3.67. The number of nitrogens with one attached hydrogen (secondary N) is 1. The largest absolute Gasteiger partial charge is 0.497 e. The number of halogens is 2. The molecule has 1 atom stereocenters. The molecule has 1 N–H and O–H groups in total. The zero-order valence-electron chi connectivity index (χ0n) is 16.8. The number of hydrogen-bond donors (Lipinski definition) is 1. The average molecular weight is 507 g/mol. The van der Waals surface area contributed by atoms with Crippen LogP contribution in [0.4, 0.5) is 4.39 Å². The maximum absolute atomic E-state index is 13.7. The molecule has 6 heteroatoms. The van der Waals surface area contributed by atoms with Crippen LogP contribution < -0.4 is 10.1 Å². The van der Waals surface area contributed by atoms with Crippen molar-refractivity contribution >= 4 is 28.6 Å². The van der Waals surface area contributed by atoms with Crippen molar-refractivity contribution in [2.75, 3.05) is 14.2 Å². The average Bonchev–Trinajstić information content (AvgIpc) is 2.70. The molecule has 0 radical (unpaired) electrons. The van der Waals surface area contributed by atoms with E-state index >= 15 is 0 Å². The quantitative estimate of drug-likeness (QED) is 0.453. The van der Waals surface area contributed by atoms with Gasteiger partial charge >= 0.3 is 5.97 Å². The van der Waals surface area contributed by atoms with E-state index in [1.807, 2.05) is 38.1 Å². The summed E-state index contributed by atoms with van der Waals surface area (Å²) in [6, 6.07) is 12.6. The second-order valence-corrected chi connectivity index (χ2v) is 8.11. The number of methoxy groups -OCH3 is 2. The first-order valence-corrected chi connectivity index (χ1v) is 10.3. The van der Waals surface area contributed by atoms with E-state index in [-0.39, 0.29) is 17.7 Å². The van der Waals surface area contributed by atoms with Gasteiger partial charge in [-0.25, -0.2) is 9.18 Å². The van der Waals surface area contributed by atoms with Crippen molar-refractivity contribution in [2.45, 2.75) is 26.2 Å². The van der Waals surface area contributed by atoms with E-state index < -0.39 is 0 Å². The Morgan fingerprint density at radius 1 is 1.17 bits per heavy atom. The molecule has 4 nitrogen and oxygen atoms in total. The van der Waals surface area contributed by atoms with Gasteiger partial charge in [-0.1, -0.05) is 18.2 Å². The molecule has 29 heavy (non-hydrogen) atoms. The van der Waals surface area contributed by atoms with Gasteiger partial charge in [-0.05, 0) is 77.4 Å². The molecule has 3 rings (SSSR count). The molecule has 152 valence electrons. The van der Waals surface area contributed by atoms with Gasteiger partial charge in [-0.3, -0.25) is 0 Å². The minimum absolute atomic E-state index is 0.300. The lowest BCUT2D eigenvalue weighted by molar-refractivity contribution is -0.136. The van der Waals surface area contributed by atoms with Gasteiger partial charge in [0, 0.05) is 27.3 Å². The molecule has 0 fully saturated rings. The van der Waals surface area contributed by atoms with Crippen LogP contribution in [0.3, 0.4) is 0 Å². The zero-order valence-corrected chi connectivity index (χ0v) is 19.0. The highest BCUT2D eigenvalue weighted by Gasteiger charge is 2.33. The summed E-state index contributed by atoms with van der Waals surface area (Å²) in [5.41, 5.74) is 5.27. The van der Waals surface area contributed by atoms with E-state index in [0.717, 1.165) is 37.4 Å². The monoisotopic (exact) mass is 507 g/mol. The van der Waals surface area contributed by atoms with Gasteiger partial charge in [-0.2, -0.15) is 0 Å². The Morgan fingerprint density at radius 3 is 2.59 bits per heavy atom. The van der Waals surface area contributed by atoms with Crippen LogP contribution in [0.15, 0.2) is 65.0 Å². The van der Waals surface area contributed by atoms with Gasteiger partial charge in [0.05, 0.1) is 19.8 Å². The van der Waals surface area contributed by atoms with Crippen LogP contribution in [0, 0.1) is 9.39 Å². The standard InChI is InChI=1S/C23H23FINO3/c1-13-20(11-15-6-5-7-17(10-15)28-3)26-14(2)22(23(27)29-4)21(13)18-9-8-16(24)12-19(18)25/h5-10,12,21,26H,11H2,1-4H3. The first-order valence-electron chi connectivity index (χ1n) is 9.19. The van der Waals surface area contributed by atoms with Gasteiger partial charge in [0.25, 0.3) is 0 Å². The van der Waals surface area contributed by atoms with Crippen molar-refractivity contribution in [3.8, 4) is 5.75 Å². The first-order chi connectivity index (χ1) is 13.8. The Morgan fingerprint density at radius 2 is 1.93 bits per heavy atom. The summed E-state index contributed by atoms with van der Waals surface area (Å²) in [7, 11) is 3.02. The molecule has 2 aromatic rings. The molecule has 1 heterocycles. The number of carbonyl (C=O) groups excluding carboxylic acids is 1. The van der Waals surface area contributed by atoms with Crippen LogP contribution in [0.25, 0.3) is 0 Å². The number of allylic oxidation sites excluding steroid dienone is 3. The minimum Gasteiger partial charge on any atom is -0.497 e. The number of esters is 1. The van der Waals surface area contributed by atoms with Crippen LogP contribution in [-0.2, 0) is 16.0 Å². The van der Waals surface area contributed by atoms with Crippen molar-refractivity contribution < 1.29 is 18.7 Å².